The minimum absolute atomic E-state index is 0.457. The summed E-state index contributed by atoms with van der Waals surface area (Å²) in [6.45, 7) is 0. The molecule has 0 amide bonds. The van der Waals surface area contributed by atoms with Crippen molar-refractivity contribution < 1.29 is 14.4 Å². The van der Waals surface area contributed by atoms with E-state index in [1.165, 1.54) is 0 Å². The molecule has 4 nitrogen and oxygen atoms in total. The number of hydrogen-bond acceptors (Lipinski definition) is 2. The van der Waals surface area contributed by atoms with Crippen LogP contribution in [0.15, 0.2) is 78.9 Å². The van der Waals surface area contributed by atoms with Crippen LogP contribution in [-0.2, 0) is 26.1 Å². The third-order valence-corrected chi connectivity index (χ3v) is 5.48. The maximum absolute atomic E-state index is 12.1. The summed E-state index contributed by atoms with van der Waals surface area (Å²) >= 11 is 0. The Hall–Kier alpha value is -3.11. The fourth-order valence-electron chi connectivity index (χ4n) is 4.10. The zero-order valence-electron chi connectivity index (χ0n) is 16.5. The van der Waals surface area contributed by atoms with E-state index in [0.29, 0.717) is 6.42 Å². The van der Waals surface area contributed by atoms with E-state index in [9.17, 15) is 5.11 Å². The summed E-state index contributed by atoms with van der Waals surface area (Å²) < 4.78 is 9.45. The van der Waals surface area contributed by atoms with Gasteiger partial charge in [-0.2, -0.15) is 0 Å². The summed E-state index contributed by atoms with van der Waals surface area (Å²) in [5.41, 5.74) is 2.90. The van der Waals surface area contributed by atoms with E-state index in [1.807, 2.05) is 80.8 Å². The Balaban J connectivity index is 1.91. The van der Waals surface area contributed by atoms with E-state index < -0.39 is 5.60 Å². The molecule has 4 rings (SSSR count). The summed E-state index contributed by atoms with van der Waals surface area (Å²) in [4.78, 5) is 0. The maximum Gasteiger partial charge on any atom is 0.294 e. The number of imidazole rings is 1. The van der Waals surface area contributed by atoms with Crippen molar-refractivity contribution >= 4 is 11.0 Å². The van der Waals surface area contributed by atoms with Gasteiger partial charge in [0.15, 0.2) is 16.6 Å². The standard InChI is InChI=1S/C24H25N2O2/c1-25-21-11-7-8-12-22(21)26(2)23(25)24(27,19-9-5-4-6-10-19)17-18-13-15-20(28-3)16-14-18/h4-16,27H,17H2,1-3H3/q+1. The molecule has 0 bridgehead atoms. The number of benzene rings is 3. The van der Waals surface area contributed by atoms with Crippen molar-refractivity contribution in [3.8, 4) is 5.75 Å². The van der Waals surface area contributed by atoms with Crippen LogP contribution in [0.1, 0.15) is 17.0 Å². The number of para-hydroxylation sites is 2. The number of aryl methyl sites for hydroxylation is 2. The second-order valence-corrected chi connectivity index (χ2v) is 7.18. The second kappa shape index (κ2) is 7.13. The fourth-order valence-corrected chi connectivity index (χ4v) is 4.10. The first kappa shape index (κ1) is 18.3. The van der Waals surface area contributed by atoms with Gasteiger partial charge in [-0.25, -0.2) is 9.13 Å². The number of fused-ring (bicyclic) bond motifs is 1. The molecular weight excluding hydrogens is 348 g/mol. The molecular formula is C24H25N2O2+. The molecule has 1 unspecified atom stereocenters. The van der Waals surface area contributed by atoms with Gasteiger partial charge in [-0.05, 0) is 35.4 Å². The Morgan fingerprint density at radius 2 is 1.57 bits per heavy atom. The van der Waals surface area contributed by atoms with Gasteiger partial charge in [0.1, 0.15) is 5.75 Å². The van der Waals surface area contributed by atoms with Crippen LogP contribution in [0, 0.1) is 0 Å². The average molecular weight is 373 g/mol. The number of aromatic nitrogens is 2. The SMILES string of the molecule is COc1ccc(CC(O)(c2ccccc2)c2n(C)c3ccccc3[n+]2C)cc1. The monoisotopic (exact) mass is 373 g/mol. The number of rotatable bonds is 5. The van der Waals surface area contributed by atoms with E-state index >= 15 is 0 Å². The zero-order valence-corrected chi connectivity index (χ0v) is 16.5. The Bertz CT molecular complexity index is 1060. The van der Waals surface area contributed by atoms with Crippen LogP contribution in [0.2, 0.25) is 0 Å². The van der Waals surface area contributed by atoms with E-state index in [2.05, 4.69) is 21.3 Å². The lowest BCUT2D eigenvalue weighted by Gasteiger charge is -2.26. The minimum Gasteiger partial charge on any atom is -0.497 e. The lowest BCUT2D eigenvalue weighted by atomic mass is 9.86. The Morgan fingerprint density at radius 1 is 0.929 bits per heavy atom. The Morgan fingerprint density at radius 3 is 2.21 bits per heavy atom. The first-order valence-electron chi connectivity index (χ1n) is 9.39. The number of hydrogen-bond donors (Lipinski definition) is 1. The van der Waals surface area contributed by atoms with E-state index in [0.717, 1.165) is 33.7 Å². The molecule has 4 aromatic rings. The first-order valence-corrected chi connectivity index (χ1v) is 9.39. The highest BCUT2D eigenvalue weighted by molar-refractivity contribution is 5.72. The minimum atomic E-state index is -1.18. The third-order valence-electron chi connectivity index (χ3n) is 5.48. The molecule has 0 aliphatic rings. The predicted octanol–water partition coefficient (Wildman–Crippen LogP) is 3.49. The quantitative estimate of drug-likeness (QED) is 0.544. The highest BCUT2D eigenvalue weighted by Gasteiger charge is 2.43. The Labute approximate surface area is 165 Å². The van der Waals surface area contributed by atoms with Gasteiger partial charge in [0.2, 0.25) is 0 Å². The van der Waals surface area contributed by atoms with Crippen LogP contribution >= 0.6 is 0 Å². The summed E-state index contributed by atoms with van der Waals surface area (Å²) in [5, 5.41) is 12.1. The van der Waals surface area contributed by atoms with Gasteiger partial charge in [0.25, 0.3) is 5.82 Å². The van der Waals surface area contributed by atoms with Crippen molar-refractivity contribution in [3.63, 3.8) is 0 Å². The van der Waals surface area contributed by atoms with Gasteiger partial charge < -0.3 is 9.84 Å². The number of aliphatic hydroxyl groups is 1. The van der Waals surface area contributed by atoms with Gasteiger partial charge in [-0.3, -0.25) is 0 Å². The molecule has 0 fully saturated rings. The molecule has 0 spiro atoms. The number of nitrogens with zero attached hydrogens (tertiary/aromatic N) is 2. The normalized spacial score (nSPS) is 13.4. The molecule has 1 heterocycles. The molecule has 4 heteroatoms. The van der Waals surface area contributed by atoms with Crippen molar-refractivity contribution in [1.29, 1.82) is 0 Å². The second-order valence-electron chi connectivity index (χ2n) is 7.18. The number of ether oxygens (including phenoxy) is 1. The van der Waals surface area contributed by atoms with Crippen LogP contribution < -0.4 is 9.30 Å². The van der Waals surface area contributed by atoms with Gasteiger partial charge in [0, 0.05) is 6.42 Å². The number of methoxy groups -OCH3 is 1. The van der Waals surface area contributed by atoms with E-state index in [4.69, 9.17) is 4.74 Å². The molecule has 0 saturated carbocycles. The molecule has 3 aromatic carbocycles. The smallest absolute Gasteiger partial charge is 0.294 e. The van der Waals surface area contributed by atoms with Crippen LogP contribution in [0.4, 0.5) is 0 Å². The van der Waals surface area contributed by atoms with Gasteiger partial charge in [-0.15, -0.1) is 0 Å². The summed E-state index contributed by atoms with van der Waals surface area (Å²) in [7, 11) is 5.68. The van der Waals surface area contributed by atoms with Crippen molar-refractivity contribution in [1.82, 2.24) is 4.57 Å². The van der Waals surface area contributed by atoms with Crippen molar-refractivity contribution in [3.05, 3.63) is 95.8 Å². The highest BCUT2D eigenvalue weighted by atomic mass is 16.5. The molecule has 0 saturated heterocycles. The largest absolute Gasteiger partial charge is 0.497 e. The van der Waals surface area contributed by atoms with Crippen LogP contribution in [0.25, 0.3) is 11.0 Å². The summed E-state index contributed by atoms with van der Waals surface area (Å²) in [6.07, 6.45) is 0.457. The summed E-state index contributed by atoms with van der Waals surface area (Å²) in [6, 6.07) is 26.0. The molecule has 0 radical (unpaired) electrons. The van der Waals surface area contributed by atoms with Crippen molar-refractivity contribution in [2.24, 2.45) is 14.1 Å². The third kappa shape index (κ3) is 2.96. The van der Waals surface area contributed by atoms with Crippen LogP contribution in [0.3, 0.4) is 0 Å². The maximum atomic E-state index is 12.1. The predicted molar refractivity (Wildman–Crippen MR) is 110 cm³/mol. The lowest BCUT2D eigenvalue weighted by Crippen LogP contribution is -2.45. The van der Waals surface area contributed by atoms with E-state index in [-0.39, 0.29) is 0 Å². The van der Waals surface area contributed by atoms with Crippen LogP contribution in [-0.4, -0.2) is 16.8 Å². The molecule has 1 aromatic heterocycles. The molecule has 0 aliphatic heterocycles. The molecule has 142 valence electrons. The molecule has 28 heavy (non-hydrogen) atoms. The molecule has 0 aliphatic carbocycles. The Kier molecular flexibility index (Phi) is 4.65. The van der Waals surface area contributed by atoms with Gasteiger partial charge in [0.05, 0.1) is 21.2 Å². The first-order chi connectivity index (χ1) is 13.5. The van der Waals surface area contributed by atoms with Crippen molar-refractivity contribution in [2.75, 3.05) is 7.11 Å². The topological polar surface area (TPSA) is 38.3 Å². The highest BCUT2D eigenvalue weighted by Crippen LogP contribution is 2.33. The molecule has 1 atom stereocenters. The van der Waals surface area contributed by atoms with Gasteiger partial charge in [-0.1, -0.05) is 54.6 Å². The summed E-state index contributed by atoms with van der Waals surface area (Å²) in [5.74, 6) is 1.65. The average Bonchev–Trinajstić information content (AvgIpc) is 3.00. The van der Waals surface area contributed by atoms with Crippen molar-refractivity contribution in [2.45, 2.75) is 12.0 Å². The lowest BCUT2D eigenvalue weighted by molar-refractivity contribution is -0.661. The van der Waals surface area contributed by atoms with Gasteiger partial charge >= 0.3 is 0 Å². The van der Waals surface area contributed by atoms with E-state index in [1.54, 1.807) is 7.11 Å². The molecule has 1 N–H and O–H groups in total. The zero-order chi connectivity index (χ0) is 19.7. The van der Waals surface area contributed by atoms with Crippen LogP contribution in [0.5, 0.6) is 5.75 Å². The fraction of sp³-hybridized carbons (Fsp3) is 0.208.